The van der Waals surface area contributed by atoms with Crippen LogP contribution in [-0.2, 0) is 16.5 Å². The van der Waals surface area contributed by atoms with E-state index in [0.717, 1.165) is 19.4 Å². The first-order valence-corrected chi connectivity index (χ1v) is 5.51. The lowest BCUT2D eigenvalue weighted by Crippen LogP contribution is -2.12. The maximum absolute atomic E-state index is 5.88. The highest BCUT2D eigenvalue weighted by molar-refractivity contribution is 5.18. The van der Waals surface area contributed by atoms with Gasteiger partial charge in [-0.2, -0.15) is 5.10 Å². The monoisotopic (exact) mass is 208 g/mol. The molecule has 0 aromatic carbocycles. The fourth-order valence-corrected chi connectivity index (χ4v) is 2.42. The highest BCUT2D eigenvalue weighted by Crippen LogP contribution is 2.37. The number of fused-ring (bicyclic) bond motifs is 1. The van der Waals surface area contributed by atoms with Crippen LogP contribution in [0.1, 0.15) is 30.2 Å². The second kappa shape index (κ2) is 3.32. The molecule has 0 saturated carbocycles. The van der Waals surface area contributed by atoms with Gasteiger partial charge in [0.05, 0.1) is 30.7 Å². The minimum atomic E-state index is 0.203. The summed E-state index contributed by atoms with van der Waals surface area (Å²) in [5.41, 5.74) is 2.44. The van der Waals surface area contributed by atoms with E-state index in [0.29, 0.717) is 12.2 Å². The number of nitrogens with zero attached hydrogens (tertiary/aromatic N) is 2. The molecular weight excluding hydrogens is 192 g/mol. The first-order valence-electron chi connectivity index (χ1n) is 5.51. The molecule has 15 heavy (non-hydrogen) atoms. The number of hydrogen-bond donors (Lipinski definition) is 0. The van der Waals surface area contributed by atoms with Crippen molar-refractivity contribution in [2.24, 2.45) is 7.05 Å². The van der Waals surface area contributed by atoms with Crippen molar-refractivity contribution >= 4 is 0 Å². The Bertz CT molecular complexity index is 343. The van der Waals surface area contributed by atoms with Crippen molar-refractivity contribution in [1.82, 2.24) is 9.78 Å². The van der Waals surface area contributed by atoms with Crippen LogP contribution >= 0.6 is 0 Å². The summed E-state index contributed by atoms with van der Waals surface area (Å²) in [5, 5.41) is 4.26. The fourth-order valence-electron chi connectivity index (χ4n) is 2.42. The number of aryl methyl sites for hydroxylation is 2. The molecule has 3 unspecified atom stereocenters. The van der Waals surface area contributed by atoms with Gasteiger partial charge in [0.1, 0.15) is 6.10 Å². The molecule has 0 amide bonds. The van der Waals surface area contributed by atoms with Gasteiger partial charge in [-0.15, -0.1) is 0 Å². The lowest BCUT2D eigenvalue weighted by atomic mass is 10.1. The molecule has 0 radical (unpaired) electrons. The van der Waals surface area contributed by atoms with E-state index in [1.165, 1.54) is 11.3 Å². The van der Waals surface area contributed by atoms with Gasteiger partial charge in [-0.25, -0.2) is 0 Å². The molecule has 0 N–H and O–H groups in total. The molecule has 0 aliphatic carbocycles. The molecule has 1 aromatic rings. The van der Waals surface area contributed by atoms with Gasteiger partial charge in [-0.3, -0.25) is 4.68 Å². The summed E-state index contributed by atoms with van der Waals surface area (Å²) in [6, 6.07) is 0. The second-order valence-electron chi connectivity index (χ2n) is 4.45. The summed E-state index contributed by atoms with van der Waals surface area (Å²) in [7, 11) is 1.98. The van der Waals surface area contributed by atoms with Gasteiger partial charge in [-0.05, 0) is 25.3 Å². The van der Waals surface area contributed by atoms with E-state index in [2.05, 4.69) is 12.0 Å². The summed E-state index contributed by atoms with van der Waals surface area (Å²) in [6.07, 6.45) is 5.09. The van der Waals surface area contributed by atoms with E-state index in [9.17, 15) is 0 Å². The van der Waals surface area contributed by atoms with Gasteiger partial charge in [0.25, 0.3) is 0 Å². The van der Waals surface area contributed by atoms with Crippen LogP contribution < -0.4 is 0 Å². The Labute approximate surface area is 89.2 Å². The normalized spacial score (nSPS) is 34.7. The smallest absolute Gasteiger partial charge is 0.107 e. The predicted octanol–water partition coefficient (Wildman–Crippen LogP) is 1.35. The Kier molecular flexibility index (Phi) is 2.07. The van der Waals surface area contributed by atoms with Crippen LogP contribution in [0.25, 0.3) is 0 Å². The van der Waals surface area contributed by atoms with Crippen molar-refractivity contribution in [2.45, 2.75) is 38.1 Å². The molecule has 2 saturated heterocycles. The first-order chi connectivity index (χ1) is 7.25. The number of rotatable bonds is 1. The average Bonchev–Trinajstić information content (AvgIpc) is 2.90. The Hall–Kier alpha value is -0.870. The highest BCUT2D eigenvalue weighted by atomic mass is 16.6. The maximum atomic E-state index is 5.88. The van der Waals surface area contributed by atoms with Gasteiger partial charge >= 0.3 is 0 Å². The van der Waals surface area contributed by atoms with Crippen molar-refractivity contribution in [2.75, 3.05) is 6.61 Å². The number of ether oxygens (including phenoxy) is 2. The zero-order chi connectivity index (χ0) is 10.4. The van der Waals surface area contributed by atoms with Gasteiger partial charge in [0.2, 0.25) is 0 Å². The third-order valence-corrected chi connectivity index (χ3v) is 3.34. The molecule has 3 rings (SSSR count). The Morgan fingerprint density at radius 3 is 3.00 bits per heavy atom. The molecule has 1 aromatic heterocycles. The van der Waals surface area contributed by atoms with Crippen molar-refractivity contribution in [3.63, 3.8) is 0 Å². The van der Waals surface area contributed by atoms with E-state index in [4.69, 9.17) is 9.47 Å². The van der Waals surface area contributed by atoms with Crippen molar-refractivity contribution in [1.29, 1.82) is 0 Å². The number of aromatic nitrogens is 2. The number of hydrogen-bond acceptors (Lipinski definition) is 3. The third kappa shape index (κ3) is 1.58. The quantitative estimate of drug-likeness (QED) is 0.654. The van der Waals surface area contributed by atoms with Crippen LogP contribution in [0.4, 0.5) is 0 Å². The highest BCUT2D eigenvalue weighted by Gasteiger charge is 2.42. The van der Waals surface area contributed by atoms with Gasteiger partial charge in [0.15, 0.2) is 0 Å². The molecule has 2 aliphatic heterocycles. The minimum absolute atomic E-state index is 0.203. The van der Waals surface area contributed by atoms with E-state index in [1.807, 2.05) is 17.9 Å². The van der Waals surface area contributed by atoms with Crippen LogP contribution in [0.5, 0.6) is 0 Å². The van der Waals surface area contributed by atoms with E-state index in [-0.39, 0.29) is 6.10 Å². The average molecular weight is 208 g/mol. The SMILES string of the molecule is Cc1cnn(C)c1C1CCC2OC2CO1. The van der Waals surface area contributed by atoms with E-state index in [1.54, 1.807) is 0 Å². The molecule has 3 atom stereocenters. The summed E-state index contributed by atoms with van der Waals surface area (Å²) < 4.78 is 13.2. The molecule has 2 fully saturated rings. The van der Waals surface area contributed by atoms with Gasteiger partial charge in [-0.1, -0.05) is 0 Å². The Morgan fingerprint density at radius 2 is 2.27 bits per heavy atom. The topological polar surface area (TPSA) is 39.6 Å². The Balaban J connectivity index is 1.81. The van der Waals surface area contributed by atoms with Crippen LogP contribution in [0.2, 0.25) is 0 Å². The van der Waals surface area contributed by atoms with Gasteiger partial charge in [0, 0.05) is 7.05 Å². The van der Waals surface area contributed by atoms with Gasteiger partial charge < -0.3 is 9.47 Å². The lowest BCUT2D eigenvalue weighted by Gasteiger charge is -2.17. The van der Waals surface area contributed by atoms with Crippen LogP contribution in [-0.4, -0.2) is 28.6 Å². The minimum Gasteiger partial charge on any atom is -0.369 e. The zero-order valence-corrected chi connectivity index (χ0v) is 9.14. The van der Waals surface area contributed by atoms with Crippen LogP contribution in [0.15, 0.2) is 6.20 Å². The summed E-state index contributed by atoms with van der Waals surface area (Å²) in [4.78, 5) is 0. The van der Waals surface area contributed by atoms with Crippen molar-refractivity contribution in [3.05, 3.63) is 17.5 Å². The molecule has 0 bridgehead atoms. The molecule has 0 spiro atoms. The van der Waals surface area contributed by atoms with Crippen molar-refractivity contribution in [3.8, 4) is 0 Å². The third-order valence-electron chi connectivity index (χ3n) is 3.34. The Morgan fingerprint density at radius 1 is 1.40 bits per heavy atom. The lowest BCUT2D eigenvalue weighted by molar-refractivity contribution is 0.0298. The first kappa shape index (κ1) is 9.36. The molecule has 82 valence electrons. The molecule has 3 heterocycles. The predicted molar refractivity (Wildman–Crippen MR) is 54.5 cm³/mol. The summed E-state index contributed by atoms with van der Waals surface area (Å²) in [5.74, 6) is 0. The maximum Gasteiger partial charge on any atom is 0.107 e. The summed E-state index contributed by atoms with van der Waals surface area (Å²) >= 11 is 0. The molecular formula is C11H16N2O2. The number of epoxide rings is 1. The summed E-state index contributed by atoms with van der Waals surface area (Å²) in [6.45, 7) is 2.83. The largest absolute Gasteiger partial charge is 0.369 e. The molecule has 4 nitrogen and oxygen atoms in total. The fraction of sp³-hybridized carbons (Fsp3) is 0.727. The van der Waals surface area contributed by atoms with E-state index >= 15 is 0 Å². The molecule has 2 aliphatic rings. The standard InChI is InChI=1S/C11H16N2O2/c1-7-5-12-13(2)11(7)9-4-3-8-10(15-8)6-14-9/h5,8-10H,3-4,6H2,1-2H3. The van der Waals surface area contributed by atoms with Crippen LogP contribution in [0, 0.1) is 6.92 Å². The zero-order valence-electron chi connectivity index (χ0n) is 9.14. The van der Waals surface area contributed by atoms with Crippen LogP contribution in [0.3, 0.4) is 0 Å². The van der Waals surface area contributed by atoms with E-state index < -0.39 is 0 Å². The second-order valence-corrected chi connectivity index (χ2v) is 4.45. The van der Waals surface area contributed by atoms with Crippen molar-refractivity contribution < 1.29 is 9.47 Å². The molecule has 4 heteroatoms.